The average molecular weight is 338 g/mol. The van der Waals surface area contributed by atoms with Crippen molar-refractivity contribution in [2.75, 3.05) is 0 Å². The van der Waals surface area contributed by atoms with Crippen molar-refractivity contribution in [2.24, 2.45) is 0 Å². The molecule has 0 aliphatic heterocycles. The van der Waals surface area contributed by atoms with Crippen molar-refractivity contribution in [1.82, 2.24) is 9.97 Å². The summed E-state index contributed by atoms with van der Waals surface area (Å²) in [6, 6.07) is 14.7. The summed E-state index contributed by atoms with van der Waals surface area (Å²) in [5.74, 6) is 0.498. The number of quaternary nitrogens is 1. The summed E-state index contributed by atoms with van der Waals surface area (Å²) >= 11 is 0. The van der Waals surface area contributed by atoms with Crippen molar-refractivity contribution >= 4 is 10.9 Å². The van der Waals surface area contributed by atoms with Crippen LogP contribution in [0.3, 0.4) is 0 Å². The molecule has 1 saturated carbocycles. The number of rotatable bonds is 5. The molecule has 0 saturated heterocycles. The molecule has 1 aliphatic rings. The van der Waals surface area contributed by atoms with Crippen LogP contribution in [0.15, 0.2) is 53.3 Å². The molecule has 3 aromatic rings. The van der Waals surface area contributed by atoms with Crippen LogP contribution in [0.1, 0.15) is 37.2 Å². The molecule has 0 bridgehead atoms. The molecule has 1 heterocycles. The molecule has 1 aromatic heterocycles. The van der Waals surface area contributed by atoms with Crippen molar-refractivity contribution in [3.8, 4) is 0 Å². The van der Waals surface area contributed by atoms with E-state index < -0.39 is 0 Å². The first-order chi connectivity index (χ1) is 12.1. The molecule has 128 valence electrons. The predicted octanol–water partition coefficient (Wildman–Crippen LogP) is 2.37. The molecule has 1 fully saturated rings. The third kappa shape index (κ3) is 3.33. The fraction of sp³-hybridized carbons (Fsp3) is 0.300. The van der Waals surface area contributed by atoms with Crippen LogP contribution in [-0.4, -0.2) is 16.0 Å². The topological polar surface area (TPSA) is 50.2 Å². The number of halogens is 1. The largest absolute Gasteiger partial charge is 0.320 e. The summed E-state index contributed by atoms with van der Waals surface area (Å²) in [6.07, 6.45) is 2.36. The van der Waals surface area contributed by atoms with Crippen LogP contribution in [0.4, 0.5) is 4.39 Å². The lowest BCUT2D eigenvalue weighted by Crippen LogP contribution is -3.12. The van der Waals surface area contributed by atoms with E-state index in [9.17, 15) is 9.18 Å². The lowest BCUT2D eigenvalue weighted by atomic mass is 10.1. The number of para-hydroxylation sites is 1. The maximum Gasteiger partial charge on any atom is 0.258 e. The maximum atomic E-state index is 13.2. The van der Waals surface area contributed by atoms with E-state index >= 15 is 0 Å². The minimum absolute atomic E-state index is 0.0647. The Balaban J connectivity index is 1.66. The van der Waals surface area contributed by atoms with Crippen LogP contribution >= 0.6 is 0 Å². The Morgan fingerprint density at radius 1 is 1.20 bits per heavy atom. The summed E-state index contributed by atoms with van der Waals surface area (Å²) < 4.78 is 13.2. The van der Waals surface area contributed by atoms with E-state index in [0.29, 0.717) is 17.3 Å². The number of nitrogens with one attached hydrogen (secondary N) is 2. The van der Waals surface area contributed by atoms with Gasteiger partial charge in [-0.3, -0.25) is 4.79 Å². The molecule has 1 unspecified atom stereocenters. The molecular formula is C20H21FN3O+. The average Bonchev–Trinajstić information content (AvgIpc) is 3.45. The maximum absolute atomic E-state index is 13.2. The summed E-state index contributed by atoms with van der Waals surface area (Å²) in [7, 11) is 0. The fourth-order valence-corrected chi connectivity index (χ4v) is 3.43. The Hall–Kier alpha value is -2.53. The van der Waals surface area contributed by atoms with Gasteiger partial charge in [-0.2, -0.15) is 0 Å². The highest BCUT2D eigenvalue weighted by Gasteiger charge is 2.38. The second-order valence-electron chi connectivity index (χ2n) is 6.84. The molecule has 0 amide bonds. The highest BCUT2D eigenvalue weighted by atomic mass is 19.1. The summed E-state index contributed by atoms with van der Waals surface area (Å²) in [5.41, 5.74) is 1.73. The minimum atomic E-state index is -0.217. The van der Waals surface area contributed by atoms with Crippen molar-refractivity contribution in [3.05, 3.63) is 76.1 Å². The normalized spacial score (nSPS) is 16.7. The Morgan fingerprint density at radius 2 is 1.92 bits per heavy atom. The highest BCUT2D eigenvalue weighted by molar-refractivity contribution is 5.77. The quantitative estimate of drug-likeness (QED) is 0.750. The fourth-order valence-electron chi connectivity index (χ4n) is 3.43. The van der Waals surface area contributed by atoms with E-state index in [1.807, 2.05) is 30.3 Å². The van der Waals surface area contributed by atoms with Crippen LogP contribution in [-0.2, 0) is 6.54 Å². The second kappa shape index (κ2) is 6.41. The Morgan fingerprint density at radius 3 is 2.64 bits per heavy atom. The van der Waals surface area contributed by atoms with Crippen molar-refractivity contribution in [1.29, 1.82) is 0 Å². The zero-order chi connectivity index (χ0) is 17.4. The van der Waals surface area contributed by atoms with Gasteiger partial charge in [-0.15, -0.1) is 0 Å². The van der Waals surface area contributed by atoms with Crippen molar-refractivity contribution in [2.45, 2.75) is 38.4 Å². The number of benzene rings is 2. The Labute approximate surface area is 145 Å². The third-order valence-corrected chi connectivity index (χ3v) is 5.02. The summed E-state index contributed by atoms with van der Waals surface area (Å²) in [5, 5.41) is 0.616. The molecular weight excluding hydrogens is 317 g/mol. The number of hydrogen-bond donors (Lipinski definition) is 2. The standard InChI is InChI=1S/C20H20FN3O/c1-13(19-22-18-5-3-2-4-17(18)20(25)23-19)24(16-10-11-16)12-14-6-8-15(21)9-7-14/h2-9,13,16H,10-12H2,1H3,(H,22,23,25)/p+1/t13-/m1/s1. The lowest BCUT2D eigenvalue weighted by Gasteiger charge is -2.25. The molecule has 5 heteroatoms. The van der Waals surface area contributed by atoms with Gasteiger partial charge in [0.05, 0.1) is 16.9 Å². The molecule has 4 nitrogen and oxygen atoms in total. The van der Waals surface area contributed by atoms with E-state index in [-0.39, 0.29) is 17.4 Å². The Bertz CT molecular complexity index is 947. The van der Waals surface area contributed by atoms with Crippen molar-refractivity contribution < 1.29 is 9.29 Å². The molecule has 2 aromatic carbocycles. The van der Waals surface area contributed by atoms with Crippen LogP contribution in [0.25, 0.3) is 10.9 Å². The van der Waals surface area contributed by atoms with Gasteiger partial charge in [0.15, 0.2) is 5.82 Å². The lowest BCUT2D eigenvalue weighted by molar-refractivity contribution is -0.954. The zero-order valence-corrected chi connectivity index (χ0v) is 14.1. The Kier molecular flexibility index (Phi) is 4.09. The van der Waals surface area contributed by atoms with Gasteiger partial charge >= 0.3 is 0 Å². The molecule has 2 atom stereocenters. The van der Waals surface area contributed by atoms with Gasteiger partial charge < -0.3 is 9.88 Å². The number of nitrogens with zero attached hydrogens (tertiary/aromatic N) is 1. The van der Waals surface area contributed by atoms with E-state index in [0.717, 1.165) is 17.6 Å². The number of hydrogen-bond acceptors (Lipinski definition) is 2. The minimum Gasteiger partial charge on any atom is -0.320 e. The van der Waals surface area contributed by atoms with Gasteiger partial charge in [0.25, 0.3) is 5.56 Å². The smallest absolute Gasteiger partial charge is 0.258 e. The first-order valence-electron chi connectivity index (χ1n) is 8.71. The molecule has 0 radical (unpaired) electrons. The van der Waals surface area contributed by atoms with E-state index in [1.54, 1.807) is 6.07 Å². The van der Waals surface area contributed by atoms with Crippen LogP contribution in [0, 0.1) is 5.82 Å². The number of aromatic nitrogens is 2. The summed E-state index contributed by atoms with van der Waals surface area (Å²) in [4.78, 5) is 21.4. The van der Waals surface area contributed by atoms with E-state index in [4.69, 9.17) is 0 Å². The van der Waals surface area contributed by atoms with Gasteiger partial charge in [-0.25, -0.2) is 9.37 Å². The van der Waals surface area contributed by atoms with E-state index in [2.05, 4.69) is 16.9 Å². The van der Waals surface area contributed by atoms with Crippen LogP contribution in [0.5, 0.6) is 0 Å². The summed E-state index contributed by atoms with van der Waals surface area (Å²) in [6.45, 7) is 2.90. The monoisotopic (exact) mass is 338 g/mol. The van der Waals surface area contributed by atoms with Gasteiger partial charge in [0.2, 0.25) is 0 Å². The molecule has 1 aliphatic carbocycles. The predicted molar refractivity (Wildman–Crippen MR) is 94.9 cm³/mol. The molecule has 4 rings (SSSR count). The van der Waals surface area contributed by atoms with E-state index in [1.165, 1.54) is 29.9 Å². The number of fused-ring (bicyclic) bond motifs is 1. The van der Waals surface area contributed by atoms with Crippen LogP contribution in [0.2, 0.25) is 0 Å². The third-order valence-electron chi connectivity index (χ3n) is 5.02. The van der Waals surface area contributed by atoms with Gasteiger partial charge in [-0.1, -0.05) is 24.3 Å². The first kappa shape index (κ1) is 16.0. The van der Waals surface area contributed by atoms with Crippen LogP contribution < -0.4 is 10.5 Å². The second-order valence-corrected chi connectivity index (χ2v) is 6.84. The van der Waals surface area contributed by atoms with Gasteiger partial charge in [0, 0.05) is 18.4 Å². The van der Waals surface area contributed by atoms with Gasteiger partial charge in [-0.05, 0) is 31.2 Å². The molecule has 25 heavy (non-hydrogen) atoms. The SMILES string of the molecule is C[C@H](c1nc2ccccc2c(=O)[nH]1)[NH+](Cc1ccc(F)cc1)C1CC1. The first-order valence-corrected chi connectivity index (χ1v) is 8.71. The molecule has 0 spiro atoms. The van der Waals surface area contributed by atoms with Crippen molar-refractivity contribution in [3.63, 3.8) is 0 Å². The van der Waals surface area contributed by atoms with Gasteiger partial charge in [0.1, 0.15) is 18.4 Å². The number of aromatic amines is 1. The zero-order valence-electron chi connectivity index (χ0n) is 14.1. The highest BCUT2D eigenvalue weighted by Crippen LogP contribution is 2.19. The molecule has 2 N–H and O–H groups in total. The number of H-pyrrole nitrogens is 1.